The summed E-state index contributed by atoms with van der Waals surface area (Å²) >= 11 is 1.57. The van der Waals surface area contributed by atoms with E-state index in [1.165, 1.54) is 32.3 Å². The third kappa shape index (κ3) is 4.26. The second-order valence-electron chi connectivity index (χ2n) is 6.76. The first-order valence-electron chi connectivity index (χ1n) is 9.31. The first kappa shape index (κ1) is 17.9. The highest BCUT2D eigenvalue weighted by Crippen LogP contribution is 2.24. The number of rotatable bonds is 7. The van der Waals surface area contributed by atoms with Gasteiger partial charge in [-0.2, -0.15) is 0 Å². The summed E-state index contributed by atoms with van der Waals surface area (Å²) in [6.45, 7) is 4.53. The summed E-state index contributed by atoms with van der Waals surface area (Å²) in [5.74, 6) is 0.426. The van der Waals surface area contributed by atoms with Crippen molar-refractivity contribution in [3.63, 3.8) is 0 Å². The SMILES string of the molecule is O=C(c1ncoc1-c1ccccc1)N(CC[NH+]1CCCC1)Cc1nccs1. The monoisotopic (exact) mass is 383 g/mol. The number of hydrogen-bond acceptors (Lipinski definition) is 5. The number of carbonyl (C=O) groups excluding carboxylic acids is 1. The van der Waals surface area contributed by atoms with Crippen LogP contribution in [0.5, 0.6) is 0 Å². The summed E-state index contributed by atoms with van der Waals surface area (Å²) in [5.41, 5.74) is 1.23. The van der Waals surface area contributed by atoms with Crippen molar-refractivity contribution in [3.8, 4) is 11.3 Å². The minimum Gasteiger partial charge on any atom is -0.443 e. The Morgan fingerprint density at radius 1 is 1.19 bits per heavy atom. The van der Waals surface area contributed by atoms with Crippen molar-refractivity contribution in [3.05, 3.63) is 59.0 Å². The Labute approximate surface area is 162 Å². The number of hydrogen-bond donors (Lipinski definition) is 1. The number of benzene rings is 1. The van der Waals surface area contributed by atoms with Gasteiger partial charge in [0.15, 0.2) is 17.8 Å². The van der Waals surface area contributed by atoms with Gasteiger partial charge < -0.3 is 14.2 Å². The summed E-state index contributed by atoms with van der Waals surface area (Å²) in [7, 11) is 0. The Kier molecular flexibility index (Phi) is 5.60. The molecule has 140 valence electrons. The molecule has 1 fully saturated rings. The van der Waals surface area contributed by atoms with E-state index in [0.717, 1.165) is 17.1 Å². The van der Waals surface area contributed by atoms with Crippen LogP contribution in [-0.4, -0.2) is 47.0 Å². The molecule has 4 rings (SSSR count). The van der Waals surface area contributed by atoms with Gasteiger partial charge >= 0.3 is 0 Å². The van der Waals surface area contributed by atoms with Crippen molar-refractivity contribution in [2.45, 2.75) is 19.4 Å². The second-order valence-corrected chi connectivity index (χ2v) is 7.73. The molecule has 0 bridgehead atoms. The lowest BCUT2D eigenvalue weighted by molar-refractivity contribution is -0.886. The number of nitrogens with zero attached hydrogens (tertiary/aromatic N) is 3. The van der Waals surface area contributed by atoms with E-state index in [4.69, 9.17) is 4.42 Å². The molecule has 2 aromatic heterocycles. The van der Waals surface area contributed by atoms with E-state index in [-0.39, 0.29) is 5.91 Å². The molecule has 1 aromatic carbocycles. The first-order valence-corrected chi connectivity index (χ1v) is 10.2. The van der Waals surface area contributed by atoms with Crippen LogP contribution < -0.4 is 4.90 Å². The number of carbonyl (C=O) groups is 1. The fraction of sp³-hybridized carbons (Fsp3) is 0.350. The van der Waals surface area contributed by atoms with Crippen LogP contribution in [0.25, 0.3) is 11.3 Å². The minimum atomic E-state index is -0.101. The largest absolute Gasteiger partial charge is 0.443 e. The van der Waals surface area contributed by atoms with Gasteiger partial charge in [-0.1, -0.05) is 30.3 Å². The van der Waals surface area contributed by atoms with Crippen molar-refractivity contribution in [1.82, 2.24) is 14.9 Å². The number of amides is 1. The van der Waals surface area contributed by atoms with Crippen molar-refractivity contribution in [1.29, 1.82) is 0 Å². The fourth-order valence-corrected chi connectivity index (χ4v) is 4.14. The Balaban J connectivity index is 1.55. The molecule has 27 heavy (non-hydrogen) atoms. The molecule has 1 aliphatic heterocycles. The number of aromatic nitrogens is 2. The lowest BCUT2D eigenvalue weighted by Gasteiger charge is -2.23. The van der Waals surface area contributed by atoms with Gasteiger partial charge in [-0.15, -0.1) is 11.3 Å². The van der Waals surface area contributed by atoms with E-state index in [2.05, 4.69) is 9.97 Å². The van der Waals surface area contributed by atoms with Crippen LogP contribution in [0.2, 0.25) is 0 Å². The zero-order chi connectivity index (χ0) is 18.5. The predicted molar refractivity (Wildman–Crippen MR) is 104 cm³/mol. The average Bonchev–Trinajstić information content (AvgIpc) is 3.48. The van der Waals surface area contributed by atoms with Gasteiger partial charge in [-0.25, -0.2) is 9.97 Å². The van der Waals surface area contributed by atoms with Gasteiger partial charge in [0, 0.05) is 30.0 Å². The quantitative estimate of drug-likeness (QED) is 0.679. The topological polar surface area (TPSA) is 63.7 Å². The lowest BCUT2D eigenvalue weighted by atomic mass is 10.1. The van der Waals surface area contributed by atoms with Crippen molar-refractivity contribution >= 4 is 17.2 Å². The summed E-state index contributed by atoms with van der Waals surface area (Å²) in [5, 5.41) is 2.87. The van der Waals surface area contributed by atoms with E-state index < -0.39 is 0 Å². The van der Waals surface area contributed by atoms with E-state index in [1.54, 1.807) is 22.4 Å². The van der Waals surface area contributed by atoms with Crippen LogP contribution in [0.3, 0.4) is 0 Å². The van der Waals surface area contributed by atoms with E-state index in [0.29, 0.717) is 24.5 Å². The van der Waals surface area contributed by atoms with Crippen LogP contribution >= 0.6 is 11.3 Å². The predicted octanol–water partition coefficient (Wildman–Crippen LogP) is 2.12. The molecular weight excluding hydrogens is 360 g/mol. The number of likely N-dealkylation sites (tertiary alicyclic amines) is 1. The number of nitrogens with one attached hydrogen (secondary N) is 1. The van der Waals surface area contributed by atoms with Crippen LogP contribution in [0, 0.1) is 0 Å². The molecule has 3 aromatic rings. The molecule has 1 N–H and O–H groups in total. The molecular formula is C20H23N4O2S+. The average molecular weight is 383 g/mol. The van der Waals surface area contributed by atoms with E-state index >= 15 is 0 Å². The Morgan fingerprint density at radius 3 is 2.74 bits per heavy atom. The van der Waals surface area contributed by atoms with Gasteiger partial charge in [-0.05, 0) is 0 Å². The maximum atomic E-state index is 13.3. The third-order valence-corrected chi connectivity index (χ3v) is 5.71. The maximum Gasteiger partial charge on any atom is 0.277 e. The smallest absolute Gasteiger partial charge is 0.277 e. The Morgan fingerprint density at radius 2 is 2.00 bits per heavy atom. The molecule has 7 heteroatoms. The molecule has 0 aliphatic carbocycles. The second kappa shape index (κ2) is 8.45. The van der Waals surface area contributed by atoms with Gasteiger partial charge in [0.1, 0.15) is 5.01 Å². The number of oxazole rings is 1. The molecule has 0 radical (unpaired) electrons. The molecule has 0 unspecified atom stereocenters. The standard InChI is InChI=1S/C20H22N4O2S/c25-20(18-19(26-15-22-18)16-6-2-1-3-7-16)24(14-17-21-8-13-27-17)12-11-23-9-4-5-10-23/h1-3,6-8,13,15H,4-5,9-12,14H2/p+1. The maximum absolute atomic E-state index is 13.3. The van der Waals surface area contributed by atoms with E-state index in [9.17, 15) is 4.79 Å². The third-order valence-electron chi connectivity index (χ3n) is 4.95. The van der Waals surface area contributed by atoms with Crippen LogP contribution in [0.4, 0.5) is 0 Å². The van der Waals surface area contributed by atoms with Crippen LogP contribution in [-0.2, 0) is 6.54 Å². The van der Waals surface area contributed by atoms with Crippen molar-refractivity contribution in [2.24, 2.45) is 0 Å². The first-order chi connectivity index (χ1) is 13.3. The molecule has 1 amide bonds. The normalized spacial score (nSPS) is 14.5. The summed E-state index contributed by atoms with van der Waals surface area (Å²) in [6.07, 6.45) is 5.68. The molecule has 3 heterocycles. The minimum absolute atomic E-state index is 0.101. The Hall–Kier alpha value is -2.51. The Bertz CT molecular complexity index is 857. The zero-order valence-corrected chi connectivity index (χ0v) is 16.0. The van der Waals surface area contributed by atoms with Crippen LogP contribution in [0.1, 0.15) is 28.3 Å². The lowest BCUT2D eigenvalue weighted by Crippen LogP contribution is -3.10. The molecule has 0 atom stereocenters. The fourth-order valence-electron chi connectivity index (χ4n) is 3.51. The van der Waals surface area contributed by atoms with Crippen LogP contribution in [0.15, 0.2) is 52.7 Å². The summed E-state index contributed by atoms with van der Waals surface area (Å²) in [4.78, 5) is 25.3. The highest BCUT2D eigenvalue weighted by molar-refractivity contribution is 7.09. The van der Waals surface area contributed by atoms with Gasteiger partial charge in [0.2, 0.25) is 0 Å². The zero-order valence-electron chi connectivity index (χ0n) is 15.1. The number of quaternary nitrogens is 1. The van der Waals surface area contributed by atoms with Crippen molar-refractivity contribution in [2.75, 3.05) is 26.2 Å². The van der Waals surface area contributed by atoms with Gasteiger partial charge in [-0.3, -0.25) is 4.79 Å². The highest BCUT2D eigenvalue weighted by Gasteiger charge is 2.26. The number of thiazole rings is 1. The molecule has 1 aliphatic rings. The highest BCUT2D eigenvalue weighted by atomic mass is 32.1. The van der Waals surface area contributed by atoms with Gasteiger partial charge in [0.25, 0.3) is 5.91 Å². The molecule has 0 saturated carbocycles. The van der Waals surface area contributed by atoms with Crippen molar-refractivity contribution < 1.29 is 14.1 Å². The summed E-state index contributed by atoms with van der Waals surface area (Å²) < 4.78 is 5.56. The summed E-state index contributed by atoms with van der Waals surface area (Å²) in [6, 6.07) is 9.65. The molecule has 1 saturated heterocycles. The molecule has 6 nitrogen and oxygen atoms in total. The molecule has 0 spiro atoms. The van der Waals surface area contributed by atoms with E-state index in [1.807, 2.05) is 40.6 Å². The van der Waals surface area contributed by atoms with Gasteiger partial charge in [0.05, 0.1) is 32.7 Å².